The summed E-state index contributed by atoms with van der Waals surface area (Å²) in [4.78, 5) is 10.9. The van der Waals surface area contributed by atoms with Gasteiger partial charge in [-0.25, -0.2) is 4.79 Å². The highest BCUT2D eigenvalue weighted by atomic mass is 16.6. The Morgan fingerprint density at radius 3 is 2.50 bits per heavy atom. The molecule has 0 radical (unpaired) electrons. The van der Waals surface area contributed by atoms with Gasteiger partial charge in [-0.15, -0.1) is 0 Å². The van der Waals surface area contributed by atoms with Crippen molar-refractivity contribution in [3.05, 3.63) is 0 Å². The van der Waals surface area contributed by atoms with E-state index in [9.17, 15) is 4.79 Å². The van der Waals surface area contributed by atoms with Crippen LogP contribution in [-0.4, -0.2) is 38.4 Å². The van der Waals surface area contributed by atoms with Gasteiger partial charge in [0, 0.05) is 12.6 Å². The van der Waals surface area contributed by atoms with E-state index >= 15 is 0 Å². The van der Waals surface area contributed by atoms with E-state index in [0.29, 0.717) is 19.3 Å². The Kier molecular flexibility index (Phi) is 7.34. The van der Waals surface area contributed by atoms with Gasteiger partial charge in [-0.05, 0) is 19.3 Å². The third-order valence-corrected chi connectivity index (χ3v) is 2.52. The minimum absolute atomic E-state index is 0.0411. The summed E-state index contributed by atoms with van der Waals surface area (Å²) in [5.41, 5.74) is 0.237. The van der Waals surface area contributed by atoms with Crippen molar-refractivity contribution >= 4 is 5.97 Å². The van der Waals surface area contributed by atoms with Crippen molar-refractivity contribution in [2.75, 3.05) is 26.4 Å². The molecule has 0 aromatic heterocycles. The molecule has 0 saturated carbocycles. The summed E-state index contributed by atoms with van der Waals surface area (Å²) in [6, 6.07) is 0.415. The summed E-state index contributed by atoms with van der Waals surface area (Å²) in [6.07, 6.45) is 0. The first-order chi connectivity index (χ1) is 7.38. The fourth-order valence-corrected chi connectivity index (χ4v) is 1.01. The van der Waals surface area contributed by atoms with Gasteiger partial charge in [0.1, 0.15) is 6.61 Å². The topological polar surface area (TPSA) is 47.6 Å². The maximum absolute atomic E-state index is 10.9. The third-order valence-electron chi connectivity index (χ3n) is 2.52. The van der Waals surface area contributed by atoms with E-state index in [4.69, 9.17) is 9.47 Å². The van der Waals surface area contributed by atoms with Crippen molar-refractivity contribution in [3.63, 3.8) is 0 Å². The molecular formula is C12H25NO3. The first kappa shape index (κ1) is 15.4. The number of hydrogen-bond acceptors (Lipinski definition) is 4. The molecule has 0 aliphatic rings. The second kappa shape index (κ2) is 7.63. The molecule has 1 N–H and O–H groups in total. The predicted octanol–water partition coefficient (Wildman–Crippen LogP) is 1.59. The largest absolute Gasteiger partial charge is 0.464 e. The van der Waals surface area contributed by atoms with Crippen molar-refractivity contribution in [2.45, 2.75) is 40.7 Å². The van der Waals surface area contributed by atoms with Crippen LogP contribution in [0.3, 0.4) is 0 Å². The van der Waals surface area contributed by atoms with E-state index in [-0.39, 0.29) is 18.0 Å². The van der Waals surface area contributed by atoms with Gasteiger partial charge in [0.05, 0.1) is 13.2 Å². The second-order valence-corrected chi connectivity index (χ2v) is 4.90. The monoisotopic (exact) mass is 231 g/mol. The molecule has 4 nitrogen and oxygen atoms in total. The lowest BCUT2D eigenvalue weighted by molar-refractivity contribution is -0.148. The molecule has 1 unspecified atom stereocenters. The lowest BCUT2D eigenvalue weighted by atomic mass is 9.88. The first-order valence-corrected chi connectivity index (χ1v) is 5.84. The van der Waals surface area contributed by atoms with Gasteiger partial charge >= 0.3 is 5.97 Å². The molecule has 0 amide bonds. The average Bonchev–Trinajstić information content (AvgIpc) is 2.16. The molecule has 96 valence electrons. The standard InChI is InChI=1S/C12H25NO3/c1-6-16-11(14)9-15-8-7-13-10(2)12(3,4)5/h10,13H,6-9H2,1-5H3. The van der Waals surface area contributed by atoms with Crippen molar-refractivity contribution < 1.29 is 14.3 Å². The second-order valence-electron chi connectivity index (χ2n) is 4.90. The Bertz CT molecular complexity index is 199. The Morgan fingerprint density at radius 1 is 1.38 bits per heavy atom. The quantitative estimate of drug-likeness (QED) is 0.534. The van der Waals surface area contributed by atoms with Gasteiger partial charge in [0.15, 0.2) is 0 Å². The van der Waals surface area contributed by atoms with E-state index < -0.39 is 0 Å². The van der Waals surface area contributed by atoms with Crippen LogP contribution in [0.4, 0.5) is 0 Å². The normalized spacial score (nSPS) is 13.6. The van der Waals surface area contributed by atoms with Crippen LogP contribution in [0.5, 0.6) is 0 Å². The van der Waals surface area contributed by atoms with Crippen molar-refractivity contribution in [1.82, 2.24) is 5.32 Å². The Hall–Kier alpha value is -0.610. The SMILES string of the molecule is CCOC(=O)COCCNC(C)C(C)(C)C. The predicted molar refractivity (Wildman–Crippen MR) is 64.4 cm³/mol. The van der Waals surface area contributed by atoms with Crippen LogP contribution >= 0.6 is 0 Å². The molecule has 0 aliphatic carbocycles. The smallest absolute Gasteiger partial charge is 0.332 e. The molecule has 0 rings (SSSR count). The van der Waals surface area contributed by atoms with E-state index in [1.165, 1.54) is 0 Å². The molecule has 0 saturated heterocycles. The molecule has 4 heteroatoms. The van der Waals surface area contributed by atoms with Crippen molar-refractivity contribution in [3.8, 4) is 0 Å². The van der Waals surface area contributed by atoms with Crippen LogP contribution in [0, 0.1) is 5.41 Å². The zero-order valence-corrected chi connectivity index (χ0v) is 11.1. The Balaban J connectivity index is 3.44. The minimum atomic E-state index is -0.300. The van der Waals surface area contributed by atoms with Gasteiger partial charge in [-0.3, -0.25) is 0 Å². The maximum Gasteiger partial charge on any atom is 0.332 e. The van der Waals surface area contributed by atoms with Gasteiger partial charge < -0.3 is 14.8 Å². The average molecular weight is 231 g/mol. The van der Waals surface area contributed by atoms with Gasteiger partial charge in [0.25, 0.3) is 0 Å². The maximum atomic E-state index is 10.9. The molecule has 1 atom stereocenters. The number of carbonyl (C=O) groups is 1. The number of ether oxygens (including phenoxy) is 2. The van der Waals surface area contributed by atoms with E-state index in [1.54, 1.807) is 6.92 Å². The summed E-state index contributed by atoms with van der Waals surface area (Å²) in [6.45, 7) is 12.2. The zero-order valence-electron chi connectivity index (χ0n) is 11.1. The summed E-state index contributed by atoms with van der Waals surface area (Å²) >= 11 is 0. The molecule has 0 bridgehead atoms. The molecule has 0 aliphatic heterocycles. The van der Waals surface area contributed by atoms with Crippen LogP contribution in [0.1, 0.15) is 34.6 Å². The molecule has 0 spiro atoms. The van der Waals surface area contributed by atoms with Crippen LogP contribution in [0.25, 0.3) is 0 Å². The Morgan fingerprint density at radius 2 is 2.00 bits per heavy atom. The number of hydrogen-bond donors (Lipinski definition) is 1. The Labute approximate surface area is 98.7 Å². The van der Waals surface area contributed by atoms with Crippen LogP contribution in [-0.2, 0) is 14.3 Å². The van der Waals surface area contributed by atoms with Crippen LogP contribution in [0.2, 0.25) is 0 Å². The number of rotatable bonds is 7. The molecule has 0 heterocycles. The highest BCUT2D eigenvalue weighted by Crippen LogP contribution is 2.17. The highest BCUT2D eigenvalue weighted by Gasteiger charge is 2.18. The molecule has 0 fully saturated rings. The lowest BCUT2D eigenvalue weighted by Crippen LogP contribution is -2.39. The van der Waals surface area contributed by atoms with Crippen LogP contribution < -0.4 is 5.32 Å². The summed E-state index contributed by atoms with van der Waals surface area (Å²) in [5, 5.41) is 3.35. The van der Waals surface area contributed by atoms with Crippen molar-refractivity contribution in [2.24, 2.45) is 5.41 Å². The summed E-state index contributed by atoms with van der Waals surface area (Å²) in [5.74, 6) is -0.300. The number of carbonyl (C=O) groups excluding carboxylic acids is 1. The lowest BCUT2D eigenvalue weighted by Gasteiger charge is -2.28. The molecule has 0 aromatic rings. The number of esters is 1. The van der Waals surface area contributed by atoms with Crippen LogP contribution in [0.15, 0.2) is 0 Å². The third kappa shape index (κ3) is 7.65. The van der Waals surface area contributed by atoms with Gasteiger partial charge in [0.2, 0.25) is 0 Å². The summed E-state index contributed by atoms with van der Waals surface area (Å²) in [7, 11) is 0. The number of nitrogens with one attached hydrogen (secondary N) is 1. The van der Waals surface area contributed by atoms with Gasteiger partial charge in [-0.2, -0.15) is 0 Å². The van der Waals surface area contributed by atoms with E-state index in [0.717, 1.165) is 6.54 Å². The van der Waals surface area contributed by atoms with Crippen molar-refractivity contribution in [1.29, 1.82) is 0 Å². The van der Waals surface area contributed by atoms with E-state index in [1.807, 2.05) is 0 Å². The highest BCUT2D eigenvalue weighted by molar-refractivity contribution is 5.70. The molecule has 16 heavy (non-hydrogen) atoms. The molecule has 0 aromatic carbocycles. The zero-order chi connectivity index (χ0) is 12.6. The van der Waals surface area contributed by atoms with E-state index in [2.05, 4.69) is 33.0 Å². The fourth-order valence-electron chi connectivity index (χ4n) is 1.01. The fraction of sp³-hybridized carbons (Fsp3) is 0.917. The van der Waals surface area contributed by atoms with Gasteiger partial charge in [-0.1, -0.05) is 20.8 Å². The minimum Gasteiger partial charge on any atom is -0.464 e. The summed E-state index contributed by atoms with van der Waals surface area (Å²) < 4.78 is 9.91. The molecular weight excluding hydrogens is 206 g/mol. The first-order valence-electron chi connectivity index (χ1n) is 5.84.